The Morgan fingerprint density at radius 1 is 1.05 bits per heavy atom. The SMILES string of the molecule is CCCCCCC(=O)C1([C@@H](O)C=CC(C)(C)[C@H]2CC[C@H]3C(=CC=C4C[C@@H](O)C[C@H](O)C4)CCC[C@]23C)CC1. The molecule has 6 atom stereocenters. The van der Waals surface area contributed by atoms with Crippen molar-refractivity contribution in [2.24, 2.45) is 28.1 Å². The number of rotatable bonds is 11. The monoisotopic (exact) mass is 526 g/mol. The minimum Gasteiger partial charge on any atom is -0.393 e. The van der Waals surface area contributed by atoms with E-state index in [0.717, 1.165) is 37.7 Å². The van der Waals surface area contributed by atoms with Gasteiger partial charge in [0, 0.05) is 6.42 Å². The van der Waals surface area contributed by atoms with Crippen LogP contribution in [-0.4, -0.2) is 39.4 Å². The van der Waals surface area contributed by atoms with E-state index < -0.39 is 23.7 Å². The molecular weight excluding hydrogens is 472 g/mol. The van der Waals surface area contributed by atoms with Crippen LogP contribution >= 0.6 is 0 Å². The molecule has 4 fully saturated rings. The second-order valence-corrected chi connectivity index (χ2v) is 14.1. The van der Waals surface area contributed by atoms with Gasteiger partial charge in [-0.3, -0.25) is 4.79 Å². The number of carbonyl (C=O) groups excluding carboxylic acids is 1. The Kier molecular flexibility index (Phi) is 9.48. The zero-order valence-electron chi connectivity index (χ0n) is 24.6. The number of allylic oxidation sites excluding steroid dienone is 4. The Hall–Kier alpha value is -1.23. The summed E-state index contributed by atoms with van der Waals surface area (Å²) in [7, 11) is 0. The van der Waals surface area contributed by atoms with Gasteiger partial charge in [0.25, 0.3) is 0 Å². The van der Waals surface area contributed by atoms with E-state index in [1.807, 2.05) is 6.08 Å². The second kappa shape index (κ2) is 12.1. The first-order chi connectivity index (χ1) is 18.0. The summed E-state index contributed by atoms with van der Waals surface area (Å²) in [6, 6.07) is 0. The molecule has 0 heterocycles. The van der Waals surface area contributed by atoms with Gasteiger partial charge in [0.1, 0.15) is 5.78 Å². The van der Waals surface area contributed by atoms with Gasteiger partial charge in [-0.2, -0.15) is 0 Å². The summed E-state index contributed by atoms with van der Waals surface area (Å²) < 4.78 is 0. The number of aliphatic hydroxyl groups is 3. The van der Waals surface area contributed by atoms with Gasteiger partial charge in [0.2, 0.25) is 0 Å². The van der Waals surface area contributed by atoms with E-state index in [9.17, 15) is 20.1 Å². The lowest BCUT2D eigenvalue weighted by molar-refractivity contribution is -0.127. The Morgan fingerprint density at radius 3 is 2.42 bits per heavy atom. The highest BCUT2D eigenvalue weighted by Crippen LogP contribution is 2.62. The van der Waals surface area contributed by atoms with Gasteiger partial charge in [-0.25, -0.2) is 0 Å². The van der Waals surface area contributed by atoms with Crippen molar-refractivity contribution in [3.63, 3.8) is 0 Å². The Balaban J connectivity index is 1.42. The van der Waals surface area contributed by atoms with Crippen molar-refractivity contribution in [1.29, 1.82) is 0 Å². The maximum atomic E-state index is 13.0. The number of aliphatic hydroxyl groups excluding tert-OH is 3. The van der Waals surface area contributed by atoms with Crippen molar-refractivity contribution in [1.82, 2.24) is 0 Å². The molecule has 4 saturated carbocycles. The van der Waals surface area contributed by atoms with E-state index in [1.165, 1.54) is 44.1 Å². The van der Waals surface area contributed by atoms with Crippen molar-refractivity contribution >= 4 is 5.78 Å². The van der Waals surface area contributed by atoms with E-state index >= 15 is 0 Å². The number of carbonyl (C=O) groups is 1. The Bertz CT molecular complexity index is 911. The smallest absolute Gasteiger partial charge is 0.141 e. The lowest BCUT2D eigenvalue weighted by Gasteiger charge is -2.47. The maximum Gasteiger partial charge on any atom is 0.141 e. The van der Waals surface area contributed by atoms with Gasteiger partial charge in [0.15, 0.2) is 0 Å². The number of Topliss-reactive ketones (excluding diaryl/α,β-unsaturated/α-hetero) is 1. The third kappa shape index (κ3) is 6.39. The minimum absolute atomic E-state index is 0.0523. The quantitative estimate of drug-likeness (QED) is 0.196. The summed E-state index contributed by atoms with van der Waals surface area (Å²) in [5.74, 6) is 1.36. The summed E-state index contributed by atoms with van der Waals surface area (Å²) in [6.45, 7) is 9.32. The van der Waals surface area contributed by atoms with Gasteiger partial charge in [-0.15, -0.1) is 0 Å². The number of unbranched alkanes of at least 4 members (excludes halogenated alkanes) is 3. The van der Waals surface area contributed by atoms with Crippen LogP contribution in [0.4, 0.5) is 0 Å². The van der Waals surface area contributed by atoms with E-state index in [4.69, 9.17) is 0 Å². The molecule has 0 bridgehead atoms. The van der Waals surface area contributed by atoms with Gasteiger partial charge in [-0.05, 0) is 93.3 Å². The summed E-state index contributed by atoms with van der Waals surface area (Å²) in [5, 5.41) is 31.3. The van der Waals surface area contributed by atoms with Crippen LogP contribution in [-0.2, 0) is 4.79 Å². The molecule has 214 valence electrons. The predicted molar refractivity (Wildman–Crippen MR) is 155 cm³/mol. The topological polar surface area (TPSA) is 77.8 Å². The zero-order valence-corrected chi connectivity index (χ0v) is 24.6. The van der Waals surface area contributed by atoms with Crippen LogP contribution in [0.1, 0.15) is 124 Å². The molecule has 0 saturated heterocycles. The molecule has 0 aromatic carbocycles. The standard InChI is InChI=1S/C34H54O4/c1-5-6-7-8-11-30(37)34(19-20-34)31(38)16-18-32(2,3)29-15-14-28-25(10-9-17-33(28,29)4)13-12-24-21-26(35)23-27(36)22-24/h12-13,16,18,26-29,31,35-36,38H,5-11,14-15,17,19-23H2,1-4H3/t26-,27-,28+,29-,31+,33+/m1/s1. The molecule has 4 rings (SSSR count). The highest BCUT2D eigenvalue weighted by Gasteiger charge is 2.55. The van der Waals surface area contributed by atoms with Gasteiger partial charge in [0.05, 0.1) is 23.7 Å². The fourth-order valence-electron chi connectivity index (χ4n) is 8.47. The number of fused-ring (bicyclic) bond motifs is 1. The third-order valence-electron chi connectivity index (χ3n) is 10.8. The molecule has 4 nitrogen and oxygen atoms in total. The third-order valence-corrected chi connectivity index (χ3v) is 10.8. The summed E-state index contributed by atoms with van der Waals surface area (Å²) in [5.41, 5.74) is 2.35. The van der Waals surface area contributed by atoms with Gasteiger partial charge in [-0.1, -0.05) is 82.4 Å². The van der Waals surface area contributed by atoms with Crippen molar-refractivity contribution in [3.05, 3.63) is 35.5 Å². The average Bonchev–Trinajstić information content (AvgIpc) is 3.59. The average molecular weight is 527 g/mol. The number of ketones is 1. The van der Waals surface area contributed by atoms with Crippen LogP contribution in [0.25, 0.3) is 0 Å². The van der Waals surface area contributed by atoms with Crippen LogP contribution in [0.3, 0.4) is 0 Å². The predicted octanol–water partition coefficient (Wildman–Crippen LogP) is 7.22. The Labute approximate surface area is 231 Å². The van der Waals surface area contributed by atoms with E-state index in [0.29, 0.717) is 37.5 Å². The molecule has 0 unspecified atom stereocenters. The highest BCUT2D eigenvalue weighted by molar-refractivity contribution is 5.88. The molecule has 0 radical (unpaired) electrons. The lowest BCUT2D eigenvalue weighted by atomic mass is 9.57. The molecule has 0 spiro atoms. The molecule has 4 heteroatoms. The summed E-state index contributed by atoms with van der Waals surface area (Å²) in [6.07, 6.45) is 21.7. The largest absolute Gasteiger partial charge is 0.393 e. The van der Waals surface area contributed by atoms with Crippen LogP contribution < -0.4 is 0 Å². The van der Waals surface area contributed by atoms with E-state index in [-0.39, 0.29) is 16.6 Å². The maximum absolute atomic E-state index is 13.0. The lowest BCUT2D eigenvalue weighted by Crippen LogP contribution is -2.39. The van der Waals surface area contributed by atoms with E-state index in [1.54, 1.807) is 0 Å². The van der Waals surface area contributed by atoms with Crippen LogP contribution in [0.15, 0.2) is 35.5 Å². The Morgan fingerprint density at radius 2 is 1.76 bits per heavy atom. The number of hydrogen-bond donors (Lipinski definition) is 3. The zero-order chi connectivity index (χ0) is 27.6. The molecule has 4 aliphatic carbocycles. The van der Waals surface area contributed by atoms with Gasteiger partial charge >= 0.3 is 0 Å². The summed E-state index contributed by atoms with van der Waals surface area (Å²) >= 11 is 0. The second-order valence-electron chi connectivity index (χ2n) is 14.1. The summed E-state index contributed by atoms with van der Waals surface area (Å²) in [4.78, 5) is 13.0. The fraction of sp³-hybridized carbons (Fsp3) is 0.794. The van der Waals surface area contributed by atoms with Crippen LogP contribution in [0, 0.1) is 28.1 Å². The molecule has 0 aromatic rings. The first-order valence-corrected chi connectivity index (χ1v) is 15.7. The molecule has 38 heavy (non-hydrogen) atoms. The van der Waals surface area contributed by atoms with Crippen molar-refractivity contribution in [2.45, 2.75) is 142 Å². The van der Waals surface area contributed by atoms with Crippen molar-refractivity contribution < 1.29 is 20.1 Å². The van der Waals surface area contributed by atoms with Gasteiger partial charge < -0.3 is 15.3 Å². The highest BCUT2D eigenvalue weighted by atomic mass is 16.3. The van der Waals surface area contributed by atoms with Crippen molar-refractivity contribution in [2.75, 3.05) is 0 Å². The van der Waals surface area contributed by atoms with Crippen LogP contribution in [0.2, 0.25) is 0 Å². The first-order valence-electron chi connectivity index (χ1n) is 15.7. The number of hydrogen-bond acceptors (Lipinski definition) is 4. The van der Waals surface area contributed by atoms with Crippen molar-refractivity contribution in [3.8, 4) is 0 Å². The van der Waals surface area contributed by atoms with Crippen LogP contribution in [0.5, 0.6) is 0 Å². The fourth-order valence-corrected chi connectivity index (χ4v) is 8.47. The molecule has 0 amide bonds. The molecule has 0 aliphatic heterocycles. The molecule has 0 aromatic heterocycles. The first kappa shape index (κ1) is 29.7. The van der Waals surface area contributed by atoms with E-state index in [2.05, 4.69) is 45.9 Å². The molecular formula is C34H54O4. The minimum atomic E-state index is -0.667. The molecule has 4 aliphatic rings. The normalized spacial score (nSPS) is 34.9. The molecule has 3 N–H and O–H groups in total.